The van der Waals surface area contributed by atoms with Crippen molar-refractivity contribution in [2.75, 3.05) is 7.11 Å². The van der Waals surface area contributed by atoms with E-state index in [-0.39, 0.29) is 5.56 Å². The summed E-state index contributed by atoms with van der Waals surface area (Å²) >= 11 is 0. The van der Waals surface area contributed by atoms with Gasteiger partial charge in [-0.05, 0) is 34.9 Å². The van der Waals surface area contributed by atoms with E-state index in [9.17, 15) is 4.79 Å². The minimum Gasteiger partial charge on any atom is -0.497 e. The highest BCUT2D eigenvalue weighted by Crippen LogP contribution is 2.24. The van der Waals surface area contributed by atoms with Crippen LogP contribution in [0.4, 0.5) is 0 Å². The van der Waals surface area contributed by atoms with Crippen LogP contribution in [0.15, 0.2) is 71.7 Å². The van der Waals surface area contributed by atoms with E-state index < -0.39 is 0 Å². The van der Waals surface area contributed by atoms with Gasteiger partial charge >= 0.3 is 0 Å². The van der Waals surface area contributed by atoms with Crippen molar-refractivity contribution in [3.8, 4) is 28.0 Å². The molecule has 0 aliphatic carbocycles. The van der Waals surface area contributed by atoms with Crippen molar-refractivity contribution in [1.82, 2.24) is 4.98 Å². The van der Waals surface area contributed by atoms with Crippen LogP contribution in [-0.4, -0.2) is 12.1 Å². The molecule has 0 aliphatic rings. The maximum absolute atomic E-state index is 12.1. The Bertz CT molecular complexity index is 789. The molecule has 104 valence electrons. The first-order chi connectivity index (χ1) is 10.3. The highest BCUT2D eigenvalue weighted by molar-refractivity contribution is 5.71. The molecule has 0 amide bonds. The predicted molar refractivity (Wildman–Crippen MR) is 84.5 cm³/mol. The van der Waals surface area contributed by atoms with Gasteiger partial charge in [0.05, 0.1) is 7.11 Å². The number of nitrogens with one attached hydrogen (secondary N) is 1. The fraction of sp³-hybridized carbons (Fsp3) is 0.0556. The van der Waals surface area contributed by atoms with Gasteiger partial charge in [0.1, 0.15) is 5.75 Å². The Balaban J connectivity index is 2.07. The van der Waals surface area contributed by atoms with Gasteiger partial charge in [0.25, 0.3) is 5.56 Å². The molecule has 21 heavy (non-hydrogen) atoms. The third-order valence-corrected chi connectivity index (χ3v) is 3.41. The van der Waals surface area contributed by atoms with Crippen molar-refractivity contribution in [2.45, 2.75) is 0 Å². The molecule has 3 rings (SSSR count). The molecule has 1 heterocycles. The monoisotopic (exact) mass is 277 g/mol. The van der Waals surface area contributed by atoms with Crippen LogP contribution in [-0.2, 0) is 0 Å². The van der Waals surface area contributed by atoms with E-state index in [1.54, 1.807) is 13.3 Å². The van der Waals surface area contributed by atoms with Crippen molar-refractivity contribution >= 4 is 0 Å². The number of aromatic nitrogens is 1. The summed E-state index contributed by atoms with van der Waals surface area (Å²) in [5.41, 5.74) is 3.48. The zero-order valence-electron chi connectivity index (χ0n) is 11.7. The number of hydrogen-bond donors (Lipinski definition) is 1. The Labute approximate surface area is 122 Å². The third-order valence-electron chi connectivity index (χ3n) is 3.41. The van der Waals surface area contributed by atoms with E-state index in [2.05, 4.69) is 4.98 Å². The minimum absolute atomic E-state index is 0.0974. The lowest BCUT2D eigenvalue weighted by molar-refractivity contribution is 0.415. The molecule has 3 aromatic rings. The predicted octanol–water partition coefficient (Wildman–Crippen LogP) is 3.72. The Hall–Kier alpha value is -2.81. The largest absolute Gasteiger partial charge is 0.497 e. The van der Waals surface area contributed by atoms with Crippen LogP contribution in [0.1, 0.15) is 0 Å². The Morgan fingerprint density at radius 2 is 1.57 bits per heavy atom. The van der Waals surface area contributed by atoms with E-state index in [0.29, 0.717) is 5.56 Å². The first-order valence-electron chi connectivity index (χ1n) is 6.70. The lowest BCUT2D eigenvalue weighted by Crippen LogP contribution is -2.08. The average Bonchev–Trinajstić information content (AvgIpc) is 2.56. The molecule has 0 spiro atoms. The number of pyridine rings is 1. The maximum Gasteiger partial charge on any atom is 0.255 e. The van der Waals surface area contributed by atoms with Gasteiger partial charge in [-0.3, -0.25) is 4.79 Å². The molecule has 0 fully saturated rings. The Morgan fingerprint density at radius 3 is 2.24 bits per heavy atom. The lowest BCUT2D eigenvalue weighted by atomic mass is 10.0. The quantitative estimate of drug-likeness (QED) is 0.792. The number of aromatic amines is 1. The normalized spacial score (nSPS) is 10.3. The molecule has 3 nitrogen and oxygen atoms in total. The molecular formula is C18H15NO2. The molecule has 0 atom stereocenters. The number of benzene rings is 2. The van der Waals surface area contributed by atoms with Gasteiger partial charge in [0.15, 0.2) is 0 Å². The summed E-state index contributed by atoms with van der Waals surface area (Å²) < 4.78 is 5.14. The summed E-state index contributed by atoms with van der Waals surface area (Å²) in [6, 6.07) is 19.4. The first kappa shape index (κ1) is 13.2. The summed E-state index contributed by atoms with van der Waals surface area (Å²) in [6.45, 7) is 0. The van der Waals surface area contributed by atoms with Gasteiger partial charge in [0, 0.05) is 11.8 Å². The molecule has 0 saturated carbocycles. The summed E-state index contributed by atoms with van der Waals surface area (Å²) in [6.07, 6.45) is 1.74. The molecular weight excluding hydrogens is 262 g/mol. The maximum atomic E-state index is 12.1. The van der Waals surface area contributed by atoms with E-state index in [0.717, 1.165) is 22.4 Å². The zero-order chi connectivity index (χ0) is 14.7. The molecule has 0 unspecified atom stereocenters. The Kier molecular flexibility index (Phi) is 3.56. The van der Waals surface area contributed by atoms with E-state index in [1.807, 2.05) is 60.7 Å². The zero-order valence-corrected chi connectivity index (χ0v) is 11.7. The van der Waals surface area contributed by atoms with E-state index >= 15 is 0 Å². The van der Waals surface area contributed by atoms with E-state index in [4.69, 9.17) is 4.74 Å². The third kappa shape index (κ3) is 2.72. The van der Waals surface area contributed by atoms with Gasteiger partial charge in [-0.2, -0.15) is 0 Å². The van der Waals surface area contributed by atoms with Crippen molar-refractivity contribution < 1.29 is 4.74 Å². The summed E-state index contributed by atoms with van der Waals surface area (Å²) in [7, 11) is 1.62. The van der Waals surface area contributed by atoms with Gasteiger partial charge in [-0.25, -0.2) is 0 Å². The van der Waals surface area contributed by atoms with Gasteiger partial charge in [-0.1, -0.05) is 42.5 Å². The second kappa shape index (κ2) is 5.67. The minimum atomic E-state index is -0.0974. The smallest absolute Gasteiger partial charge is 0.255 e. The number of H-pyrrole nitrogens is 1. The van der Waals surface area contributed by atoms with Crippen molar-refractivity contribution in [3.05, 3.63) is 77.2 Å². The molecule has 1 N–H and O–H groups in total. The molecule has 0 aliphatic heterocycles. The number of ether oxygens (including phenoxy) is 1. The van der Waals surface area contributed by atoms with Crippen molar-refractivity contribution in [1.29, 1.82) is 0 Å². The van der Waals surface area contributed by atoms with Crippen LogP contribution in [0.25, 0.3) is 22.3 Å². The summed E-state index contributed by atoms with van der Waals surface area (Å²) in [5.74, 6) is 0.773. The van der Waals surface area contributed by atoms with Crippen LogP contribution >= 0.6 is 0 Å². The average molecular weight is 277 g/mol. The van der Waals surface area contributed by atoms with Gasteiger partial charge in [0.2, 0.25) is 0 Å². The standard InChI is InChI=1S/C18H15NO2/c1-21-16-9-7-14(8-10-16)17-11-15(12-19-18(17)20)13-5-3-2-4-6-13/h2-12H,1H3,(H,19,20). The fourth-order valence-electron chi connectivity index (χ4n) is 2.27. The van der Waals surface area contributed by atoms with Crippen LogP contribution in [0.2, 0.25) is 0 Å². The van der Waals surface area contributed by atoms with E-state index in [1.165, 1.54) is 0 Å². The lowest BCUT2D eigenvalue weighted by Gasteiger charge is -2.06. The highest BCUT2D eigenvalue weighted by atomic mass is 16.5. The van der Waals surface area contributed by atoms with Gasteiger partial charge < -0.3 is 9.72 Å². The van der Waals surface area contributed by atoms with Crippen LogP contribution in [0.5, 0.6) is 5.75 Å². The topological polar surface area (TPSA) is 42.1 Å². The number of rotatable bonds is 3. The second-order valence-electron chi connectivity index (χ2n) is 4.73. The van der Waals surface area contributed by atoms with Crippen LogP contribution in [0, 0.1) is 0 Å². The van der Waals surface area contributed by atoms with Crippen LogP contribution in [0.3, 0.4) is 0 Å². The number of methoxy groups -OCH3 is 1. The summed E-state index contributed by atoms with van der Waals surface area (Å²) in [5, 5.41) is 0. The molecule has 1 aromatic heterocycles. The van der Waals surface area contributed by atoms with Crippen LogP contribution < -0.4 is 10.3 Å². The number of hydrogen-bond acceptors (Lipinski definition) is 2. The fourth-order valence-corrected chi connectivity index (χ4v) is 2.27. The first-order valence-corrected chi connectivity index (χ1v) is 6.70. The highest BCUT2D eigenvalue weighted by Gasteiger charge is 2.06. The summed E-state index contributed by atoms with van der Waals surface area (Å²) in [4.78, 5) is 14.9. The molecule has 2 aromatic carbocycles. The Morgan fingerprint density at radius 1 is 0.857 bits per heavy atom. The molecule has 3 heteroatoms. The van der Waals surface area contributed by atoms with Crippen molar-refractivity contribution in [3.63, 3.8) is 0 Å². The molecule has 0 bridgehead atoms. The van der Waals surface area contributed by atoms with Crippen molar-refractivity contribution in [2.24, 2.45) is 0 Å². The van der Waals surface area contributed by atoms with Gasteiger partial charge in [-0.15, -0.1) is 0 Å². The molecule has 0 saturated heterocycles. The second-order valence-corrected chi connectivity index (χ2v) is 4.73. The molecule has 0 radical (unpaired) electrons. The SMILES string of the molecule is COc1ccc(-c2cc(-c3ccccc3)c[nH]c2=O)cc1.